The number of hydrogen-bond acceptors (Lipinski definition) is 4. The normalized spacial score (nSPS) is 11.9. The Labute approximate surface area is 120 Å². The van der Waals surface area contributed by atoms with Crippen molar-refractivity contribution in [2.45, 2.75) is 6.10 Å². The minimum Gasteiger partial charge on any atom is -0.396 e. The van der Waals surface area contributed by atoms with Gasteiger partial charge < -0.3 is 16.6 Å². The number of carbonyl (C=O) groups is 2. The molecule has 108 valence electrons. The average molecular weight is 288 g/mol. The largest absolute Gasteiger partial charge is 0.396 e. The zero-order valence-corrected chi connectivity index (χ0v) is 10.9. The number of anilines is 1. The van der Waals surface area contributed by atoms with Crippen molar-refractivity contribution in [1.82, 2.24) is 0 Å². The minimum atomic E-state index is -1.49. The Morgan fingerprint density at radius 3 is 2.29 bits per heavy atom. The molecular weight excluding hydrogens is 275 g/mol. The first-order valence-corrected chi connectivity index (χ1v) is 6.08. The van der Waals surface area contributed by atoms with Crippen LogP contribution in [-0.2, 0) is 0 Å². The quantitative estimate of drug-likeness (QED) is 0.584. The molecule has 2 rings (SSSR count). The van der Waals surface area contributed by atoms with Crippen LogP contribution in [0, 0.1) is 5.82 Å². The van der Waals surface area contributed by atoms with Gasteiger partial charge in [0, 0.05) is 5.56 Å². The molecule has 0 aliphatic carbocycles. The van der Waals surface area contributed by atoms with Crippen LogP contribution in [0.25, 0.3) is 0 Å². The molecule has 0 bridgehead atoms. The molecule has 1 atom stereocenters. The fourth-order valence-corrected chi connectivity index (χ4v) is 2.00. The van der Waals surface area contributed by atoms with E-state index >= 15 is 0 Å². The van der Waals surface area contributed by atoms with E-state index < -0.39 is 34.9 Å². The molecule has 21 heavy (non-hydrogen) atoms. The highest BCUT2D eigenvalue weighted by atomic mass is 19.1. The Hall–Kier alpha value is -2.73. The van der Waals surface area contributed by atoms with E-state index in [4.69, 9.17) is 11.5 Å². The van der Waals surface area contributed by atoms with Crippen molar-refractivity contribution >= 4 is 17.4 Å². The van der Waals surface area contributed by atoms with Crippen LogP contribution in [0.4, 0.5) is 10.1 Å². The lowest BCUT2D eigenvalue weighted by Gasteiger charge is -2.13. The van der Waals surface area contributed by atoms with Crippen LogP contribution < -0.4 is 11.5 Å². The summed E-state index contributed by atoms with van der Waals surface area (Å²) in [5.74, 6) is -2.66. The molecule has 0 spiro atoms. The summed E-state index contributed by atoms with van der Waals surface area (Å²) in [7, 11) is 0. The number of amides is 1. The molecule has 5 nitrogen and oxygen atoms in total. The van der Waals surface area contributed by atoms with Crippen molar-refractivity contribution in [2.75, 3.05) is 5.73 Å². The molecule has 1 amide bonds. The van der Waals surface area contributed by atoms with Crippen LogP contribution in [0.2, 0.25) is 0 Å². The fraction of sp³-hybridized carbons (Fsp3) is 0.0667. The molecule has 0 heterocycles. The van der Waals surface area contributed by atoms with Gasteiger partial charge in [0.2, 0.25) is 0 Å². The number of aliphatic hydroxyl groups is 1. The monoisotopic (exact) mass is 288 g/mol. The summed E-state index contributed by atoms with van der Waals surface area (Å²) in [6.45, 7) is 0. The molecule has 0 aliphatic heterocycles. The van der Waals surface area contributed by atoms with Crippen LogP contribution >= 0.6 is 0 Å². The Kier molecular flexibility index (Phi) is 4.00. The second kappa shape index (κ2) is 5.72. The van der Waals surface area contributed by atoms with Gasteiger partial charge in [0.25, 0.3) is 5.91 Å². The van der Waals surface area contributed by atoms with E-state index in [9.17, 15) is 19.1 Å². The molecule has 0 aromatic heterocycles. The van der Waals surface area contributed by atoms with E-state index in [1.54, 1.807) is 30.3 Å². The number of Topliss-reactive ketones (excluding diaryl/α,β-unsaturated/α-hetero) is 1. The number of aliphatic hydroxyl groups excluding tert-OH is 1. The summed E-state index contributed by atoms with van der Waals surface area (Å²) >= 11 is 0. The molecule has 6 heteroatoms. The average Bonchev–Trinajstić information content (AvgIpc) is 2.48. The Bertz CT molecular complexity index is 702. The topological polar surface area (TPSA) is 106 Å². The third kappa shape index (κ3) is 2.75. The molecule has 0 saturated carbocycles. The standard InChI is InChI=1S/C15H13FN2O3/c16-10-7-6-9(11(12(10)17)15(18)21)14(20)13(19)8-4-2-1-3-5-8/h1-7,13,19H,17H2,(H2,18,21). The molecule has 2 aromatic rings. The van der Waals surface area contributed by atoms with Crippen LogP contribution in [-0.4, -0.2) is 16.8 Å². The molecule has 0 aliphatic rings. The number of benzene rings is 2. The van der Waals surface area contributed by atoms with Crippen molar-refractivity contribution in [1.29, 1.82) is 0 Å². The third-order valence-electron chi connectivity index (χ3n) is 3.07. The van der Waals surface area contributed by atoms with Gasteiger partial charge in [0.05, 0.1) is 11.3 Å². The Morgan fingerprint density at radius 1 is 1.10 bits per heavy atom. The SMILES string of the molecule is NC(=O)c1c(C(=O)C(O)c2ccccc2)ccc(F)c1N. The van der Waals surface area contributed by atoms with E-state index in [0.717, 1.165) is 12.1 Å². The Balaban J connectivity index is 2.49. The molecule has 5 N–H and O–H groups in total. The summed E-state index contributed by atoms with van der Waals surface area (Å²) in [5, 5.41) is 10.1. The van der Waals surface area contributed by atoms with Crippen LogP contribution in [0.1, 0.15) is 32.4 Å². The van der Waals surface area contributed by atoms with Crippen molar-refractivity contribution < 1.29 is 19.1 Å². The highest BCUT2D eigenvalue weighted by Gasteiger charge is 2.26. The molecule has 1 unspecified atom stereocenters. The Morgan fingerprint density at radius 2 is 1.71 bits per heavy atom. The van der Waals surface area contributed by atoms with Crippen molar-refractivity contribution in [3.8, 4) is 0 Å². The highest BCUT2D eigenvalue weighted by molar-refractivity contribution is 6.12. The van der Waals surface area contributed by atoms with Gasteiger partial charge in [-0.3, -0.25) is 9.59 Å². The molecule has 0 fully saturated rings. The van der Waals surface area contributed by atoms with Crippen molar-refractivity contribution in [3.05, 3.63) is 65.0 Å². The number of rotatable bonds is 4. The number of carbonyl (C=O) groups excluding carboxylic acids is 2. The highest BCUT2D eigenvalue weighted by Crippen LogP contribution is 2.25. The van der Waals surface area contributed by atoms with Crippen molar-refractivity contribution in [3.63, 3.8) is 0 Å². The fourth-order valence-electron chi connectivity index (χ4n) is 2.00. The smallest absolute Gasteiger partial charge is 0.251 e. The maximum Gasteiger partial charge on any atom is 0.251 e. The van der Waals surface area contributed by atoms with Gasteiger partial charge in [-0.05, 0) is 17.7 Å². The number of ketones is 1. The van der Waals surface area contributed by atoms with Gasteiger partial charge in [-0.2, -0.15) is 0 Å². The minimum absolute atomic E-state index is 0.210. The number of halogens is 1. The first kappa shape index (κ1) is 14.7. The van der Waals surface area contributed by atoms with E-state index in [0.29, 0.717) is 5.56 Å². The van der Waals surface area contributed by atoms with Crippen LogP contribution in [0.5, 0.6) is 0 Å². The zero-order chi connectivity index (χ0) is 15.6. The van der Waals surface area contributed by atoms with Gasteiger partial charge in [0.1, 0.15) is 11.9 Å². The molecule has 0 saturated heterocycles. The summed E-state index contributed by atoms with van der Waals surface area (Å²) in [6.07, 6.45) is -1.49. The lowest BCUT2D eigenvalue weighted by molar-refractivity contribution is 0.0743. The second-order valence-corrected chi connectivity index (χ2v) is 4.43. The molecule has 2 aromatic carbocycles. The zero-order valence-electron chi connectivity index (χ0n) is 10.9. The lowest BCUT2D eigenvalue weighted by Crippen LogP contribution is -2.22. The maximum atomic E-state index is 13.4. The first-order chi connectivity index (χ1) is 9.93. The molecule has 0 radical (unpaired) electrons. The van der Waals surface area contributed by atoms with E-state index in [2.05, 4.69) is 0 Å². The summed E-state index contributed by atoms with van der Waals surface area (Å²) in [5.41, 5.74) is 9.80. The third-order valence-corrected chi connectivity index (χ3v) is 3.07. The van der Waals surface area contributed by atoms with E-state index in [-0.39, 0.29) is 5.56 Å². The van der Waals surface area contributed by atoms with Gasteiger partial charge >= 0.3 is 0 Å². The van der Waals surface area contributed by atoms with Crippen LogP contribution in [0.15, 0.2) is 42.5 Å². The maximum absolute atomic E-state index is 13.4. The lowest BCUT2D eigenvalue weighted by atomic mass is 9.94. The van der Waals surface area contributed by atoms with Gasteiger partial charge in [-0.15, -0.1) is 0 Å². The predicted molar refractivity (Wildman–Crippen MR) is 75.1 cm³/mol. The van der Waals surface area contributed by atoms with Crippen molar-refractivity contribution in [2.24, 2.45) is 5.73 Å². The van der Waals surface area contributed by atoms with Gasteiger partial charge in [0.15, 0.2) is 5.78 Å². The van der Waals surface area contributed by atoms with E-state index in [1.165, 1.54) is 0 Å². The summed E-state index contributed by atoms with van der Waals surface area (Å²) < 4.78 is 13.4. The number of primary amides is 1. The van der Waals surface area contributed by atoms with E-state index in [1.807, 2.05) is 0 Å². The van der Waals surface area contributed by atoms with Gasteiger partial charge in [-0.25, -0.2) is 4.39 Å². The summed E-state index contributed by atoms with van der Waals surface area (Å²) in [6, 6.07) is 10.2. The number of hydrogen-bond donors (Lipinski definition) is 3. The predicted octanol–water partition coefficient (Wildman–Crippen LogP) is 1.42. The summed E-state index contributed by atoms with van der Waals surface area (Å²) in [4.78, 5) is 23.7. The second-order valence-electron chi connectivity index (χ2n) is 4.43. The molecular formula is C15H13FN2O3. The first-order valence-electron chi connectivity index (χ1n) is 6.08. The van der Waals surface area contributed by atoms with Crippen LogP contribution in [0.3, 0.4) is 0 Å². The van der Waals surface area contributed by atoms with Gasteiger partial charge in [-0.1, -0.05) is 30.3 Å². The number of nitrogens with two attached hydrogens (primary N) is 2. The number of nitrogen functional groups attached to an aromatic ring is 1.